The van der Waals surface area contributed by atoms with Crippen molar-refractivity contribution in [1.82, 2.24) is 10.1 Å². The van der Waals surface area contributed by atoms with Crippen LogP contribution >= 0.6 is 0 Å². The Morgan fingerprint density at radius 2 is 1.93 bits per heavy atom. The van der Waals surface area contributed by atoms with E-state index in [1.165, 1.54) is 0 Å². The predicted octanol–water partition coefficient (Wildman–Crippen LogP) is 3.34. The SMILES string of the molecule is Cc1nc(COc2ccc(C(=O)Nc3ccc(N4CCCC4=O)cc3)cc2)no1. The number of nitrogens with one attached hydrogen (secondary N) is 1. The Labute approximate surface area is 167 Å². The van der Waals surface area contributed by atoms with Crippen LogP contribution in [-0.4, -0.2) is 28.5 Å². The van der Waals surface area contributed by atoms with E-state index in [4.69, 9.17) is 9.26 Å². The number of aromatic nitrogens is 2. The van der Waals surface area contributed by atoms with Gasteiger partial charge in [0.2, 0.25) is 17.6 Å². The number of hydrogen-bond donors (Lipinski definition) is 1. The molecule has 1 aliphatic heterocycles. The molecule has 0 atom stereocenters. The van der Waals surface area contributed by atoms with Gasteiger partial charge in [-0.1, -0.05) is 5.16 Å². The van der Waals surface area contributed by atoms with Gasteiger partial charge in [-0.05, 0) is 55.0 Å². The molecule has 4 rings (SSSR count). The minimum atomic E-state index is -0.227. The van der Waals surface area contributed by atoms with E-state index in [0.29, 0.717) is 35.1 Å². The summed E-state index contributed by atoms with van der Waals surface area (Å²) in [6.07, 6.45) is 1.47. The third kappa shape index (κ3) is 4.43. The van der Waals surface area contributed by atoms with Gasteiger partial charge in [0.1, 0.15) is 5.75 Å². The van der Waals surface area contributed by atoms with Gasteiger partial charge in [0.15, 0.2) is 6.61 Å². The lowest BCUT2D eigenvalue weighted by Gasteiger charge is -2.16. The number of ether oxygens (including phenoxy) is 1. The maximum Gasteiger partial charge on any atom is 0.255 e. The van der Waals surface area contributed by atoms with Crippen LogP contribution in [0.4, 0.5) is 11.4 Å². The van der Waals surface area contributed by atoms with Gasteiger partial charge < -0.3 is 19.5 Å². The highest BCUT2D eigenvalue weighted by Crippen LogP contribution is 2.23. The molecular formula is C21H20N4O4. The molecule has 1 fully saturated rings. The van der Waals surface area contributed by atoms with Crippen LogP contribution in [0.25, 0.3) is 0 Å². The van der Waals surface area contributed by atoms with Crippen LogP contribution < -0.4 is 15.0 Å². The number of carbonyl (C=O) groups excluding carboxylic acids is 2. The number of amides is 2. The zero-order valence-corrected chi connectivity index (χ0v) is 15.9. The summed E-state index contributed by atoms with van der Waals surface area (Å²) >= 11 is 0. The molecule has 2 aromatic carbocycles. The zero-order chi connectivity index (χ0) is 20.2. The summed E-state index contributed by atoms with van der Waals surface area (Å²) in [7, 11) is 0. The lowest BCUT2D eigenvalue weighted by atomic mass is 10.2. The molecular weight excluding hydrogens is 372 g/mol. The molecule has 8 nitrogen and oxygen atoms in total. The fraction of sp³-hybridized carbons (Fsp3) is 0.238. The highest BCUT2D eigenvalue weighted by atomic mass is 16.5. The second-order valence-corrected chi connectivity index (χ2v) is 6.69. The van der Waals surface area contributed by atoms with Crippen molar-refractivity contribution in [3.8, 4) is 5.75 Å². The van der Waals surface area contributed by atoms with E-state index in [2.05, 4.69) is 15.5 Å². The Balaban J connectivity index is 1.33. The molecule has 2 amide bonds. The Morgan fingerprint density at radius 3 is 2.55 bits per heavy atom. The van der Waals surface area contributed by atoms with Gasteiger partial charge in [0.05, 0.1) is 0 Å². The second-order valence-electron chi connectivity index (χ2n) is 6.69. The van der Waals surface area contributed by atoms with Crippen molar-refractivity contribution in [2.45, 2.75) is 26.4 Å². The van der Waals surface area contributed by atoms with Gasteiger partial charge in [0.25, 0.3) is 5.91 Å². The van der Waals surface area contributed by atoms with Crippen molar-refractivity contribution >= 4 is 23.2 Å². The first-order valence-corrected chi connectivity index (χ1v) is 9.32. The summed E-state index contributed by atoms with van der Waals surface area (Å²) in [5.74, 6) is 1.46. The summed E-state index contributed by atoms with van der Waals surface area (Å²) in [6, 6.07) is 14.1. The first-order chi connectivity index (χ1) is 14.1. The van der Waals surface area contributed by atoms with E-state index in [1.54, 1.807) is 48.2 Å². The molecule has 0 spiro atoms. The molecule has 2 heterocycles. The van der Waals surface area contributed by atoms with Gasteiger partial charge >= 0.3 is 0 Å². The van der Waals surface area contributed by atoms with E-state index in [-0.39, 0.29) is 18.4 Å². The number of rotatable bonds is 6. The number of anilines is 2. The normalized spacial score (nSPS) is 13.6. The molecule has 0 aliphatic carbocycles. The molecule has 1 aliphatic rings. The molecule has 0 saturated carbocycles. The molecule has 0 radical (unpaired) electrons. The third-order valence-corrected chi connectivity index (χ3v) is 4.56. The van der Waals surface area contributed by atoms with Crippen molar-refractivity contribution in [2.75, 3.05) is 16.8 Å². The van der Waals surface area contributed by atoms with Gasteiger partial charge in [-0.15, -0.1) is 0 Å². The minimum absolute atomic E-state index is 0.138. The number of aryl methyl sites for hydroxylation is 1. The van der Waals surface area contributed by atoms with Crippen LogP contribution in [0.1, 0.15) is 34.9 Å². The fourth-order valence-corrected chi connectivity index (χ4v) is 3.10. The van der Waals surface area contributed by atoms with E-state index >= 15 is 0 Å². The maximum atomic E-state index is 12.5. The molecule has 0 unspecified atom stereocenters. The standard InChI is InChI=1S/C21H20N4O4/c1-14-22-19(24-29-14)13-28-18-10-4-15(5-11-18)21(27)23-16-6-8-17(9-7-16)25-12-2-3-20(25)26/h4-11H,2-3,12-13H2,1H3,(H,23,27). The van der Waals surface area contributed by atoms with E-state index in [1.807, 2.05) is 12.1 Å². The highest BCUT2D eigenvalue weighted by molar-refractivity contribution is 6.04. The van der Waals surface area contributed by atoms with Gasteiger partial charge in [-0.3, -0.25) is 9.59 Å². The maximum absolute atomic E-state index is 12.5. The van der Waals surface area contributed by atoms with Crippen LogP contribution in [-0.2, 0) is 11.4 Å². The van der Waals surface area contributed by atoms with Crippen molar-refractivity contribution in [3.05, 3.63) is 65.8 Å². The van der Waals surface area contributed by atoms with Crippen LogP contribution in [0.5, 0.6) is 5.75 Å². The van der Waals surface area contributed by atoms with Crippen molar-refractivity contribution < 1.29 is 18.8 Å². The van der Waals surface area contributed by atoms with E-state index in [9.17, 15) is 9.59 Å². The highest BCUT2D eigenvalue weighted by Gasteiger charge is 2.21. The second kappa shape index (κ2) is 8.14. The first-order valence-electron chi connectivity index (χ1n) is 9.32. The van der Waals surface area contributed by atoms with Gasteiger partial charge in [0, 0.05) is 36.8 Å². The topological polar surface area (TPSA) is 97.6 Å². The molecule has 8 heteroatoms. The summed E-state index contributed by atoms with van der Waals surface area (Å²) in [6.45, 7) is 2.64. The Bertz CT molecular complexity index is 1010. The summed E-state index contributed by atoms with van der Waals surface area (Å²) in [5.41, 5.74) is 2.02. The summed E-state index contributed by atoms with van der Waals surface area (Å²) in [4.78, 5) is 30.1. The van der Waals surface area contributed by atoms with Crippen LogP contribution in [0.2, 0.25) is 0 Å². The number of carbonyl (C=O) groups is 2. The summed E-state index contributed by atoms with van der Waals surface area (Å²) < 4.78 is 10.5. The minimum Gasteiger partial charge on any atom is -0.485 e. The molecule has 29 heavy (non-hydrogen) atoms. The Kier molecular flexibility index (Phi) is 5.24. The molecule has 0 bridgehead atoms. The van der Waals surface area contributed by atoms with Crippen LogP contribution in [0.3, 0.4) is 0 Å². The molecule has 1 saturated heterocycles. The average molecular weight is 392 g/mol. The molecule has 1 aromatic heterocycles. The summed E-state index contributed by atoms with van der Waals surface area (Å²) in [5, 5.41) is 6.61. The van der Waals surface area contributed by atoms with E-state index in [0.717, 1.165) is 18.7 Å². The fourth-order valence-electron chi connectivity index (χ4n) is 3.10. The lowest BCUT2D eigenvalue weighted by molar-refractivity contribution is -0.117. The van der Waals surface area contributed by atoms with Crippen molar-refractivity contribution in [1.29, 1.82) is 0 Å². The number of benzene rings is 2. The van der Waals surface area contributed by atoms with Gasteiger partial charge in [-0.2, -0.15) is 4.98 Å². The number of nitrogens with zero attached hydrogens (tertiary/aromatic N) is 3. The first kappa shape index (κ1) is 18.7. The lowest BCUT2D eigenvalue weighted by Crippen LogP contribution is -2.23. The Morgan fingerprint density at radius 1 is 1.17 bits per heavy atom. The van der Waals surface area contributed by atoms with Crippen molar-refractivity contribution in [2.24, 2.45) is 0 Å². The van der Waals surface area contributed by atoms with Crippen LogP contribution in [0, 0.1) is 6.92 Å². The monoisotopic (exact) mass is 392 g/mol. The molecule has 148 valence electrons. The van der Waals surface area contributed by atoms with Gasteiger partial charge in [-0.25, -0.2) is 0 Å². The third-order valence-electron chi connectivity index (χ3n) is 4.56. The molecule has 1 N–H and O–H groups in total. The smallest absolute Gasteiger partial charge is 0.255 e. The zero-order valence-electron chi connectivity index (χ0n) is 15.9. The predicted molar refractivity (Wildman–Crippen MR) is 106 cm³/mol. The van der Waals surface area contributed by atoms with E-state index < -0.39 is 0 Å². The molecule has 3 aromatic rings. The largest absolute Gasteiger partial charge is 0.485 e. The quantitative estimate of drug-likeness (QED) is 0.691. The van der Waals surface area contributed by atoms with Crippen molar-refractivity contribution in [3.63, 3.8) is 0 Å². The Hall–Kier alpha value is -3.68. The van der Waals surface area contributed by atoms with Crippen LogP contribution in [0.15, 0.2) is 53.1 Å². The average Bonchev–Trinajstić information content (AvgIpc) is 3.35. The number of hydrogen-bond acceptors (Lipinski definition) is 6.